The highest BCUT2D eigenvalue weighted by Gasteiger charge is 2.07. The Morgan fingerprint density at radius 1 is 1.25 bits per heavy atom. The van der Waals surface area contributed by atoms with E-state index >= 15 is 0 Å². The number of H-pyrrole nitrogens is 2. The maximum atomic E-state index is 11.3. The van der Waals surface area contributed by atoms with Crippen LogP contribution in [-0.4, -0.2) is 19.7 Å². The van der Waals surface area contributed by atoms with Crippen LogP contribution in [0.2, 0.25) is 0 Å². The van der Waals surface area contributed by atoms with Crippen molar-refractivity contribution < 1.29 is 4.92 Å². The predicted molar refractivity (Wildman–Crippen MR) is 58.2 cm³/mol. The number of aromatic nitrogens is 3. The van der Waals surface area contributed by atoms with E-state index in [2.05, 4.69) is 10.2 Å². The van der Waals surface area contributed by atoms with Gasteiger partial charge in [0.15, 0.2) is 0 Å². The fourth-order valence-electron chi connectivity index (χ4n) is 1.27. The first-order chi connectivity index (χ1) is 7.59. The molecular weight excluding hydrogens is 232 g/mol. The minimum absolute atomic E-state index is 0.0396. The maximum Gasteiger partial charge on any atom is 0.347 e. The van der Waals surface area contributed by atoms with E-state index in [0.29, 0.717) is 5.69 Å². The molecule has 0 amide bonds. The highest BCUT2D eigenvalue weighted by atomic mass is 32.1. The van der Waals surface area contributed by atoms with Gasteiger partial charge in [0.05, 0.1) is 10.6 Å². The van der Waals surface area contributed by atoms with Crippen molar-refractivity contribution in [3.05, 3.63) is 49.6 Å². The Bertz CT molecular complexity index is 609. The van der Waals surface area contributed by atoms with E-state index in [1.165, 1.54) is 28.8 Å². The van der Waals surface area contributed by atoms with Crippen LogP contribution in [0.25, 0.3) is 5.69 Å². The third kappa shape index (κ3) is 1.65. The summed E-state index contributed by atoms with van der Waals surface area (Å²) in [5.41, 5.74) is 0.0131. The van der Waals surface area contributed by atoms with Crippen LogP contribution in [0, 0.1) is 14.9 Å². The zero-order valence-corrected chi connectivity index (χ0v) is 8.65. The zero-order chi connectivity index (χ0) is 11.7. The summed E-state index contributed by atoms with van der Waals surface area (Å²) in [6, 6.07) is 5.53. The molecule has 0 saturated carbocycles. The molecule has 0 radical (unpaired) electrons. The Hall–Kier alpha value is -2.22. The third-order valence-corrected chi connectivity index (χ3v) is 2.29. The molecule has 0 aliphatic carbocycles. The van der Waals surface area contributed by atoms with Crippen molar-refractivity contribution in [2.45, 2.75) is 0 Å². The van der Waals surface area contributed by atoms with Gasteiger partial charge in [-0.1, -0.05) is 0 Å². The number of hydrogen-bond acceptors (Lipinski definition) is 4. The molecule has 0 aliphatic heterocycles. The minimum atomic E-state index is -0.510. The monoisotopic (exact) mass is 238 g/mol. The normalized spacial score (nSPS) is 10.2. The summed E-state index contributed by atoms with van der Waals surface area (Å²) in [6.07, 6.45) is 0. The van der Waals surface area contributed by atoms with Gasteiger partial charge in [0.2, 0.25) is 4.77 Å². The smallest absolute Gasteiger partial charge is 0.272 e. The largest absolute Gasteiger partial charge is 0.347 e. The standard InChI is InChI=1S/C8H6N4O3S/c13-7-9-10-8(16)11(7)5-1-3-6(4-2-5)12(14)15/h1-4H,(H,9,13)(H,10,16). The number of aromatic amines is 2. The van der Waals surface area contributed by atoms with E-state index in [1.54, 1.807) is 0 Å². The second-order valence-electron chi connectivity index (χ2n) is 2.97. The van der Waals surface area contributed by atoms with E-state index < -0.39 is 10.6 Å². The summed E-state index contributed by atoms with van der Waals surface area (Å²) < 4.78 is 1.41. The van der Waals surface area contributed by atoms with Crippen LogP contribution in [0.4, 0.5) is 5.69 Å². The van der Waals surface area contributed by atoms with Gasteiger partial charge in [0.25, 0.3) is 5.69 Å². The fraction of sp³-hybridized carbons (Fsp3) is 0. The fourth-order valence-corrected chi connectivity index (χ4v) is 1.51. The molecule has 2 N–H and O–H groups in total. The molecule has 82 valence electrons. The maximum absolute atomic E-state index is 11.3. The van der Waals surface area contributed by atoms with E-state index in [-0.39, 0.29) is 10.5 Å². The first-order valence-corrected chi connectivity index (χ1v) is 4.65. The van der Waals surface area contributed by atoms with Crippen LogP contribution in [0.3, 0.4) is 0 Å². The molecule has 1 heterocycles. The summed E-state index contributed by atoms with van der Waals surface area (Å²) in [6.45, 7) is 0. The minimum Gasteiger partial charge on any atom is -0.272 e. The number of nitrogens with zero attached hydrogens (tertiary/aromatic N) is 2. The molecule has 0 atom stereocenters. The number of nitro groups is 1. The Morgan fingerprint density at radius 2 is 1.88 bits per heavy atom. The molecule has 16 heavy (non-hydrogen) atoms. The summed E-state index contributed by atoms with van der Waals surface area (Å²) in [5, 5.41) is 15.2. The number of rotatable bonds is 2. The van der Waals surface area contributed by atoms with Crippen LogP contribution < -0.4 is 5.69 Å². The van der Waals surface area contributed by atoms with E-state index in [4.69, 9.17) is 12.2 Å². The van der Waals surface area contributed by atoms with Gasteiger partial charge in [-0.3, -0.25) is 15.2 Å². The Morgan fingerprint density at radius 3 is 2.31 bits per heavy atom. The summed E-state index contributed by atoms with van der Waals surface area (Å²) in [4.78, 5) is 21.3. The lowest BCUT2D eigenvalue weighted by atomic mass is 10.3. The second-order valence-corrected chi connectivity index (χ2v) is 3.36. The molecular formula is C8H6N4O3S. The van der Waals surface area contributed by atoms with Crippen LogP contribution in [-0.2, 0) is 0 Å². The van der Waals surface area contributed by atoms with Gasteiger partial charge in [0.1, 0.15) is 0 Å². The Labute approximate surface area is 93.5 Å². The molecule has 2 aromatic rings. The molecule has 0 saturated heterocycles. The van der Waals surface area contributed by atoms with Crippen LogP contribution >= 0.6 is 12.2 Å². The first kappa shape index (κ1) is 10.3. The van der Waals surface area contributed by atoms with Crippen LogP contribution in [0.1, 0.15) is 0 Å². The number of hydrogen-bond donors (Lipinski definition) is 2. The van der Waals surface area contributed by atoms with Gasteiger partial charge >= 0.3 is 5.69 Å². The lowest BCUT2D eigenvalue weighted by Gasteiger charge is -1.98. The Kier molecular flexibility index (Phi) is 2.41. The van der Waals surface area contributed by atoms with Crippen molar-refractivity contribution in [3.63, 3.8) is 0 Å². The molecule has 1 aromatic heterocycles. The molecule has 0 fully saturated rings. The van der Waals surface area contributed by atoms with E-state index in [1.807, 2.05) is 0 Å². The highest BCUT2D eigenvalue weighted by Crippen LogP contribution is 2.13. The first-order valence-electron chi connectivity index (χ1n) is 4.24. The lowest BCUT2D eigenvalue weighted by molar-refractivity contribution is -0.384. The van der Waals surface area contributed by atoms with E-state index in [9.17, 15) is 14.9 Å². The van der Waals surface area contributed by atoms with E-state index in [0.717, 1.165) is 0 Å². The highest BCUT2D eigenvalue weighted by molar-refractivity contribution is 7.71. The van der Waals surface area contributed by atoms with Gasteiger partial charge < -0.3 is 0 Å². The SMILES string of the molecule is O=c1[nH][nH]c(=S)n1-c1ccc([N+](=O)[O-])cc1. The molecule has 0 unspecified atom stereocenters. The quantitative estimate of drug-likeness (QED) is 0.465. The molecule has 1 aromatic carbocycles. The number of non-ortho nitro benzene ring substituents is 1. The van der Waals surface area contributed by atoms with Gasteiger partial charge in [-0.2, -0.15) is 0 Å². The Balaban J connectivity index is 2.55. The molecule has 8 heteroatoms. The average Bonchev–Trinajstić information content (AvgIpc) is 2.59. The van der Waals surface area contributed by atoms with Gasteiger partial charge in [-0.25, -0.2) is 14.5 Å². The molecule has 0 aliphatic rings. The van der Waals surface area contributed by atoms with Crippen molar-refractivity contribution in [3.8, 4) is 5.69 Å². The third-order valence-electron chi connectivity index (χ3n) is 2.00. The van der Waals surface area contributed by atoms with Crippen molar-refractivity contribution in [2.24, 2.45) is 0 Å². The molecule has 7 nitrogen and oxygen atoms in total. The van der Waals surface area contributed by atoms with Crippen LogP contribution in [0.5, 0.6) is 0 Å². The topological polar surface area (TPSA) is 96.7 Å². The summed E-state index contributed by atoms with van der Waals surface area (Å²) >= 11 is 4.88. The second kappa shape index (κ2) is 3.74. The number of nitrogens with one attached hydrogen (secondary N) is 2. The van der Waals surface area contributed by atoms with Crippen molar-refractivity contribution >= 4 is 17.9 Å². The predicted octanol–water partition coefficient (Wildman–Crippen LogP) is 1.13. The lowest BCUT2D eigenvalue weighted by Crippen LogP contribution is -2.14. The number of nitro benzene ring substituents is 1. The van der Waals surface area contributed by atoms with Gasteiger partial charge in [-0.15, -0.1) is 0 Å². The van der Waals surface area contributed by atoms with Crippen LogP contribution in [0.15, 0.2) is 29.1 Å². The average molecular weight is 238 g/mol. The van der Waals surface area contributed by atoms with Crippen molar-refractivity contribution in [1.29, 1.82) is 0 Å². The summed E-state index contributed by atoms with van der Waals surface area (Å²) in [7, 11) is 0. The summed E-state index contributed by atoms with van der Waals surface area (Å²) in [5.74, 6) is 0. The molecule has 2 rings (SSSR count). The zero-order valence-electron chi connectivity index (χ0n) is 7.84. The van der Waals surface area contributed by atoms with Crippen molar-refractivity contribution in [2.75, 3.05) is 0 Å². The van der Waals surface area contributed by atoms with Crippen molar-refractivity contribution in [1.82, 2.24) is 14.8 Å². The number of benzene rings is 1. The molecule has 0 bridgehead atoms. The van der Waals surface area contributed by atoms with Gasteiger partial charge in [-0.05, 0) is 24.4 Å². The molecule has 0 spiro atoms. The van der Waals surface area contributed by atoms with Gasteiger partial charge in [0, 0.05) is 12.1 Å².